The van der Waals surface area contributed by atoms with Gasteiger partial charge in [-0.25, -0.2) is 4.68 Å². The molecule has 2 aromatic rings. The normalized spacial score (nSPS) is 18.2. The first-order valence-electron chi connectivity index (χ1n) is 8.79. The van der Waals surface area contributed by atoms with Crippen molar-refractivity contribution in [1.82, 2.24) is 20.4 Å². The van der Waals surface area contributed by atoms with Crippen molar-refractivity contribution in [2.45, 2.75) is 32.7 Å². The first-order valence-corrected chi connectivity index (χ1v) is 8.79. The van der Waals surface area contributed by atoms with Crippen LogP contribution in [0, 0.1) is 11.8 Å². The van der Waals surface area contributed by atoms with E-state index >= 15 is 0 Å². The van der Waals surface area contributed by atoms with Gasteiger partial charge in [-0.05, 0) is 49.9 Å². The number of halogens is 1. The molecular formula is C19H27ClN4O. The Labute approximate surface area is 155 Å². The van der Waals surface area contributed by atoms with Gasteiger partial charge in [0.2, 0.25) is 5.91 Å². The second-order valence-electron chi connectivity index (χ2n) is 6.69. The highest BCUT2D eigenvalue weighted by Crippen LogP contribution is 2.22. The van der Waals surface area contributed by atoms with E-state index in [4.69, 9.17) is 0 Å². The highest BCUT2D eigenvalue weighted by Gasteiger charge is 2.21. The molecule has 1 fully saturated rings. The number of amides is 1. The van der Waals surface area contributed by atoms with Crippen LogP contribution in [0.1, 0.15) is 31.7 Å². The SMILES string of the molecule is CC(CC(=O)NCc1cnn(-c2ccccc2)c1)C1CCCNC1.Cl. The third kappa shape index (κ3) is 5.58. The van der Waals surface area contributed by atoms with Gasteiger partial charge in [0.05, 0.1) is 11.9 Å². The molecule has 3 rings (SSSR count). The zero-order valence-corrected chi connectivity index (χ0v) is 15.5. The van der Waals surface area contributed by atoms with Crippen LogP contribution in [-0.2, 0) is 11.3 Å². The number of piperidine rings is 1. The number of rotatable bonds is 6. The fourth-order valence-corrected chi connectivity index (χ4v) is 3.27. The molecule has 0 saturated carbocycles. The van der Waals surface area contributed by atoms with Crippen molar-refractivity contribution in [2.24, 2.45) is 11.8 Å². The molecule has 1 saturated heterocycles. The zero-order valence-electron chi connectivity index (χ0n) is 14.6. The quantitative estimate of drug-likeness (QED) is 0.830. The van der Waals surface area contributed by atoms with Crippen LogP contribution < -0.4 is 10.6 Å². The van der Waals surface area contributed by atoms with Crippen LogP contribution in [0.15, 0.2) is 42.7 Å². The number of para-hydroxylation sites is 1. The van der Waals surface area contributed by atoms with Crippen molar-refractivity contribution >= 4 is 18.3 Å². The summed E-state index contributed by atoms with van der Waals surface area (Å²) in [5.41, 5.74) is 2.03. The Bertz CT molecular complexity index is 652. The molecule has 0 radical (unpaired) electrons. The number of hydrogen-bond donors (Lipinski definition) is 2. The highest BCUT2D eigenvalue weighted by molar-refractivity contribution is 5.85. The lowest BCUT2D eigenvalue weighted by Crippen LogP contribution is -2.35. The maximum Gasteiger partial charge on any atom is 0.220 e. The molecule has 2 N–H and O–H groups in total. The summed E-state index contributed by atoms with van der Waals surface area (Å²) in [6.07, 6.45) is 6.81. The van der Waals surface area contributed by atoms with E-state index in [2.05, 4.69) is 22.7 Å². The first-order chi connectivity index (χ1) is 11.7. The highest BCUT2D eigenvalue weighted by atomic mass is 35.5. The lowest BCUT2D eigenvalue weighted by Gasteiger charge is -2.27. The van der Waals surface area contributed by atoms with Crippen LogP contribution in [-0.4, -0.2) is 28.8 Å². The molecule has 2 unspecified atom stereocenters. The molecule has 1 aromatic heterocycles. The number of aromatic nitrogens is 2. The van der Waals surface area contributed by atoms with Crippen molar-refractivity contribution in [3.8, 4) is 5.69 Å². The van der Waals surface area contributed by atoms with Crippen molar-refractivity contribution in [2.75, 3.05) is 13.1 Å². The monoisotopic (exact) mass is 362 g/mol. The second kappa shape index (κ2) is 9.59. The number of carbonyl (C=O) groups excluding carboxylic acids is 1. The minimum Gasteiger partial charge on any atom is -0.352 e. The molecule has 2 atom stereocenters. The molecule has 0 aliphatic carbocycles. The summed E-state index contributed by atoms with van der Waals surface area (Å²) >= 11 is 0. The number of nitrogens with zero attached hydrogens (tertiary/aromatic N) is 2. The summed E-state index contributed by atoms with van der Waals surface area (Å²) in [7, 11) is 0. The number of carbonyl (C=O) groups is 1. The Hall–Kier alpha value is -1.85. The molecule has 0 spiro atoms. The van der Waals surface area contributed by atoms with Gasteiger partial charge >= 0.3 is 0 Å². The summed E-state index contributed by atoms with van der Waals surface area (Å²) < 4.78 is 1.83. The van der Waals surface area contributed by atoms with E-state index in [1.165, 1.54) is 12.8 Å². The van der Waals surface area contributed by atoms with E-state index in [1.807, 2.05) is 47.4 Å². The van der Waals surface area contributed by atoms with Gasteiger partial charge < -0.3 is 10.6 Å². The first kappa shape index (κ1) is 19.5. The smallest absolute Gasteiger partial charge is 0.220 e. The van der Waals surface area contributed by atoms with Crippen molar-refractivity contribution in [3.63, 3.8) is 0 Å². The Kier molecular flexibility index (Phi) is 7.47. The van der Waals surface area contributed by atoms with E-state index in [1.54, 1.807) is 0 Å². The van der Waals surface area contributed by atoms with E-state index in [-0.39, 0.29) is 18.3 Å². The third-order valence-corrected chi connectivity index (χ3v) is 4.79. The number of nitrogens with one attached hydrogen (secondary N) is 2. The van der Waals surface area contributed by atoms with E-state index in [0.717, 1.165) is 24.3 Å². The molecule has 25 heavy (non-hydrogen) atoms. The van der Waals surface area contributed by atoms with Gasteiger partial charge in [0.15, 0.2) is 0 Å². The van der Waals surface area contributed by atoms with Gasteiger partial charge in [-0.15, -0.1) is 12.4 Å². The minimum atomic E-state index is 0. The van der Waals surface area contributed by atoms with Gasteiger partial charge in [-0.2, -0.15) is 5.10 Å². The fraction of sp³-hybridized carbons (Fsp3) is 0.474. The largest absolute Gasteiger partial charge is 0.352 e. The van der Waals surface area contributed by atoms with Gasteiger partial charge in [-0.1, -0.05) is 25.1 Å². The van der Waals surface area contributed by atoms with Gasteiger partial charge in [-0.3, -0.25) is 4.79 Å². The minimum absolute atomic E-state index is 0. The van der Waals surface area contributed by atoms with Crippen LogP contribution >= 0.6 is 12.4 Å². The van der Waals surface area contributed by atoms with Crippen LogP contribution in [0.4, 0.5) is 0 Å². The zero-order chi connectivity index (χ0) is 16.8. The number of hydrogen-bond acceptors (Lipinski definition) is 3. The average Bonchev–Trinajstić information content (AvgIpc) is 3.10. The maximum atomic E-state index is 12.2. The molecule has 1 aliphatic heterocycles. The van der Waals surface area contributed by atoms with Crippen molar-refractivity contribution in [3.05, 3.63) is 48.3 Å². The van der Waals surface area contributed by atoms with Crippen LogP contribution in [0.25, 0.3) is 5.69 Å². The van der Waals surface area contributed by atoms with E-state index < -0.39 is 0 Å². The van der Waals surface area contributed by atoms with Gasteiger partial charge in [0.25, 0.3) is 0 Å². The summed E-state index contributed by atoms with van der Waals surface area (Å²) in [6, 6.07) is 9.97. The van der Waals surface area contributed by atoms with E-state index in [9.17, 15) is 4.79 Å². The Morgan fingerprint density at radius 2 is 2.20 bits per heavy atom. The topological polar surface area (TPSA) is 59.0 Å². The van der Waals surface area contributed by atoms with Crippen LogP contribution in [0.3, 0.4) is 0 Å². The molecule has 1 aromatic carbocycles. The lowest BCUT2D eigenvalue weighted by molar-refractivity contribution is -0.122. The summed E-state index contributed by atoms with van der Waals surface area (Å²) in [5.74, 6) is 1.16. The molecule has 5 nitrogen and oxygen atoms in total. The second-order valence-corrected chi connectivity index (χ2v) is 6.69. The molecule has 1 aliphatic rings. The molecule has 1 amide bonds. The Morgan fingerprint density at radius 3 is 2.92 bits per heavy atom. The van der Waals surface area contributed by atoms with Gasteiger partial charge in [0, 0.05) is 24.7 Å². The van der Waals surface area contributed by atoms with Crippen LogP contribution in [0.5, 0.6) is 0 Å². The molecule has 136 valence electrons. The Morgan fingerprint density at radius 1 is 1.40 bits per heavy atom. The average molecular weight is 363 g/mol. The van der Waals surface area contributed by atoms with Gasteiger partial charge in [0.1, 0.15) is 0 Å². The molecular weight excluding hydrogens is 336 g/mol. The maximum absolute atomic E-state index is 12.2. The molecule has 6 heteroatoms. The third-order valence-electron chi connectivity index (χ3n) is 4.79. The van der Waals surface area contributed by atoms with E-state index in [0.29, 0.717) is 24.8 Å². The Balaban J connectivity index is 0.00000225. The van der Waals surface area contributed by atoms with Crippen molar-refractivity contribution in [1.29, 1.82) is 0 Å². The summed E-state index contributed by atoms with van der Waals surface area (Å²) in [4.78, 5) is 12.2. The predicted octanol–water partition coefficient (Wildman–Crippen LogP) is 2.94. The van der Waals surface area contributed by atoms with Crippen molar-refractivity contribution < 1.29 is 4.79 Å². The molecule has 2 heterocycles. The summed E-state index contributed by atoms with van der Waals surface area (Å²) in [5, 5.41) is 10.8. The standard InChI is InChI=1S/C19H26N4O.ClH/c1-15(17-6-5-9-20-13-17)10-19(24)21-11-16-12-22-23(14-16)18-7-3-2-4-8-18;/h2-4,7-8,12,14-15,17,20H,5-6,9-11,13H2,1H3,(H,21,24);1H. The predicted molar refractivity (Wildman–Crippen MR) is 102 cm³/mol. The summed E-state index contributed by atoms with van der Waals surface area (Å²) in [6.45, 7) is 4.87. The number of benzene rings is 1. The lowest BCUT2D eigenvalue weighted by atomic mass is 9.85. The fourth-order valence-electron chi connectivity index (χ4n) is 3.27. The van der Waals surface area contributed by atoms with Crippen LogP contribution in [0.2, 0.25) is 0 Å². The molecule has 0 bridgehead atoms.